The topological polar surface area (TPSA) is 162 Å². The van der Waals surface area contributed by atoms with Crippen LogP contribution in [0, 0.1) is 0 Å². The van der Waals surface area contributed by atoms with Crippen LogP contribution >= 0.6 is 0 Å². The van der Waals surface area contributed by atoms with Gasteiger partial charge in [0.15, 0.2) is 0 Å². The highest BCUT2D eigenvalue weighted by atomic mass is 16.4. The van der Waals surface area contributed by atoms with Gasteiger partial charge in [-0.05, 0) is 13.8 Å². The molecule has 0 spiro atoms. The summed E-state index contributed by atoms with van der Waals surface area (Å²) >= 11 is 0. The fourth-order valence-electron chi connectivity index (χ4n) is 4.33. The van der Waals surface area contributed by atoms with Crippen molar-refractivity contribution in [3.63, 3.8) is 0 Å². The van der Waals surface area contributed by atoms with Crippen molar-refractivity contribution in [2.24, 2.45) is 0 Å². The van der Waals surface area contributed by atoms with E-state index >= 15 is 0 Å². The van der Waals surface area contributed by atoms with Crippen LogP contribution in [0.15, 0.2) is 0 Å². The molecule has 1 aliphatic rings. The maximum absolute atomic E-state index is 11.4. The van der Waals surface area contributed by atoms with Crippen molar-refractivity contribution in [2.75, 3.05) is 85.1 Å². The van der Waals surface area contributed by atoms with Crippen LogP contribution in [0.2, 0.25) is 0 Å². The molecule has 0 radical (unpaired) electrons. The molecule has 32 heavy (non-hydrogen) atoms. The van der Waals surface area contributed by atoms with Crippen LogP contribution in [0.3, 0.4) is 0 Å². The molecule has 2 atom stereocenters. The van der Waals surface area contributed by atoms with Gasteiger partial charge in [0.05, 0.1) is 32.7 Å². The lowest BCUT2D eigenvalue weighted by Crippen LogP contribution is -2.61. The van der Waals surface area contributed by atoms with Crippen molar-refractivity contribution < 1.29 is 44.4 Å². The second-order valence-corrected chi connectivity index (χ2v) is 8.86. The van der Waals surface area contributed by atoms with Crippen molar-refractivity contribution in [1.82, 2.24) is 14.7 Å². The van der Waals surface area contributed by atoms with Gasteiger partial charge in [-0.1, -0.05) is 0 Å². The number of aliphatic carboxylic acids is 3. The molecular formula is C20H39N4O8+. The number of aliphatic hydroxyl groups is 2. The predicted octanol–water partition coefficient (Wildman–Crippen LogP) is -2.26. The number of rotatable bonds is 10. The maximum atomic E-state index is 11.4. The van der Waals surface area contributed by atoms with Gasteiger partial charge in [0, 0.05) is 39.3 Å². The number of hydrogen-bond donors (Lipinski definition) is 5. The number of carboxylic acids is 3. The third-order valence-electron chi connectivity index (χ3n) is 5.63. The molecule has 0 saturated carbocycles. The zero-order valence-electron chi connectivity index (χ0n) is 19.1. The van der Waals surface area contributed by atoms with Gasteiger partial charge in [0.1, 0.15) is 25.3 Å². The summed E-state index contributed by atoms with van der Waals surface area (Å²) in [4.78, 5) is 39.1. The summed E-state index contributed by atoms with van der Waals surface area (Å²) < 4.78 is 0.320. The highest BCUT2D eigenvalue weighted by molar-refractivity contribution is 5.69. The summed E-state index contributed by atoms with van der Waals surface area (Å²) in [5.41, 5.74) is 0. The molecule has 2 unspecified atom stereocenters. The van der Waals surface area contributed by atoms with Gasteiger partial charge in [-0.15, -0.1) is 0 Å². The second-order valence-electron chi connectivity index (χ2n) is 8.86. The highest BCUT2D eigenvalue weighted by Crippen LogP contribution is 2.13. The first kappa shape index (κ1) is 28.2. The van der Waals surface area contributed by atoms with Crippen molar-refractivity contribution in [3.05, 3.63) is 0 Å². The Morgan fingerprint density at radius 1 is 0.656 bits per heavy atom. The summed E-state index contributed by atoms with van der Waals surface area (Å²) in [6.45, 7) is 6.40. The van der Waals surface area contributed by atoms with Gasteiger partial charge in [-0.3, -0.25) is 29.1 Å². The van der Waals surface area contributed by atoms with E-state index in [1.165, 1.54) is 0 Å². The van der Waals surface area contributed by atoms with E-state index in [1.807, 2.05) is 0 Å². The minimum absolute atomic E-state index is 0.199. The first-order chi connectivity index (χ1) is 14.9. The first-order valence-corrected chi connectivity index (χ1v) is 10.9. The summed E-state index contributed by atoms with van der Waals surface area (Å²) in [5, 5.41) is 48.1. The molecule has 1 rings (SSSR count). The van der Waals surface area contributed by atoms with Gasteiger partial charge in [0.2, 0.25) is 0 Å². The monoisotopic (exact) mass is 463 g/mol. The van der Waals surface area contributed by atoms with Crippen LogP contribution in [0.1, 0.15) is 13.8 Å². The van der Waals surface area contributed by atoms with E-state index in [1.54, 1.807) is 28.5 Å². The van der Waals surface area contributed by atoms with Crippen LogP contribution < -0.4 is 0 Å². The molecule has 12 heteroatoms. The predicted molar refractivity (Wildman–Crippen MR) is 115 cm³/mol. The first-order valence-electron chi connectivity index (χ1n) is 10.9. The molecule has 0 aliphatic carbocycles. The molecule has 186 valence electrons. The van der Waals surface area contributed by atoms with E-state index in [4.69, 9.17) is 0 Å². The fourth-order valence-corrected chi connectivity index (χ4v) is 4.33. The smallest absolute Gasteiger partial charge is 0.317 e. The molecular weight excluding hydrogens is 424 g/mol. The Hall–Kier alpha value is -1.83. The minimum Gasteiger partial charge on any atom is -0.480 e. The number of carboxylic acid groups (broad SMARTS) is 3. The Morgan fingerprint density at radius 3 is 1.19 bits per heavy atom. The largest absolute Gasteiger partial charge is 0.480 e. The van der Waals surface area contributed by atoms with E-state index in [2.05, 4.69) is 0 Å². The molecule has 0 aromatic rings. The van der Waals surface area contributed by atoms with Crippen molar-refractivity contribution >= 4 is 17.9 Å². The summed E-state index contributed by atoms with van der Waals surface area (Å²) in [7, 11) is 0. The Balaban J connectivity index is 3.19. The Bertz CT molecular complexity index is 572. The summed E-state index contributed by atoms with van der Waals surface area (Å²) in [6, 6.07) is 0. The molecule has 1 heterocycles. The van der Waals surface area contributed by atoms with E-state index in [0.717, 1.165) is 0 Å². The molecule has 1 aliphatic heterocycles. The molecule has 0 bridgehead atoms. The standard InChI is InChI=1S/C20H38N4O8/c1-16(25)14-24(15-17(2)26)9-7-22(12-19(29)30)5-3-21(11-18(27)28)4-6-23(8-10-24)13-20(31)32/h16-17,25-26H,3-15H2,1-2H3,(H2-,27,28,29,30,31,32)/p+1. The van der Waals surface area contributed by atoms with Gasteiger partial charge >= 0.3 is 17.9 Å². The number of hydrogen-bond acceptors (Lipinski definition) is 8. The molecule has 5 N–H and O–H groups in total. The van der Waals surface area contributed by atoms with Crippen molar-refractivity contribution in [3.8, 4) is 0 Å². The van der Waals surface area contributed by atoms with Crippen LogP contribution in [-0.2, 0) is 14.4 Å². The third-order valence-corrected chi connectivity index (χ3v) is 5.63. The lowest BCUT2D eigenvalue weighted by atomic mass is 10.2. The van der Waals surface area contributed by atoms with E-state index < -0.39 is 30.1 Å². The number of carbonyl (C=O) groups is 3. The normalized spacial score (nSPS) is 21.8. The average Bonchev–Trinajstić information content (AvgIpc) is 2.62. The van der Waals surface area contributed by atoms with E-state index in [-0.39, 0.29) is 19.6 Å². The van der Waals surface area contributed by atoms with Crippen molar-refractivity contribution in [2.45, 2.75) is 26.1 Å². The van der Waals surface area contributed by atoms with Crippen LogP contribution in [-0.4, -0.2) is 160 Å². The maximum Gasteiger partial charge on any atom is 0.317 e. The SMILES string of the molecule is CC(O)C[N+]1(CC(C)O)CCN(CC(=O)O)CCN(CC(=O)O)CCN(CC(=O)O)CC1. The lowest BCUT2D eigenvalue weighted by Gasteiger charge is -2.43. The fraction of sp³-hybridized carbons (Fsp3) is 0.850. The van der Waals surface area contributed by atoms with E-state index in [0.29, 0.717) is 69.9 Å². The van der Waals surface area contributed by atoms with Gasteiger partial charge in [-0.2, -0.15) is 0 Å². The zero-order valence-corrected chi connectivity index (χ0v) is 19.1. The molecule has 0 aromatic heterocycles. The summed E-state index contributed by atoms with van der Waals surface area (Å²) in [5.74, 6) is -2.98. The third kappa shape index (κ3) is 11.7. The minimum atomic E-state index is -1.00. The van der Waals surface area contributed by atoms with Crippen LogP contribution in [0.4, 0.5) is 0 Å². The van der Waals surface area contributed by atoms with Gasteiger partial charge < -0.3 is 30.0 Å². The zero-order chi connectivity index (χ0) is 24.3. The number of nitrogens with zero attached hydrogens (tertiary/aromatic N) is 4. The molecule has 1 fully saturated rings. The Labute approximate surface area is 188 Å². The van der Waals surface area contributed by atoms with Crippen LogP contribution in [0.5, 0.6) is 0 Å². The Morgan fingerprint density at radius 2 is 0.938 bits per heavy atom. The molecule has 12 nitrogen and oxygen atoms in total. The van der Waals surface area contributed by atoms with E-state index in [9.17, 15) is 39.9 Å². The quantitative estimate of drug-likeness (QED) is 0.222. The number of quaternary nitrogens is 1. The second kappa shape index (κ2) is 13.7. The molecule has 0 amide bonds. The molecule has 1 saturated heterocycles. The molecule has 0 aromatic carbocycles. The highest BCUT2D eigenvalue weighted by Gasteiger charge is 2.33. The van der Waals surface area contributed by atoms with Crippen molar-refractivity contribution in [1.29, 1.82) is 0 Å². The summed E-state index contributed by atoms with van der Waals surface area (Å²) in [6.07, 6.45) is -1.32. The average molecular weight is 464 g/mol. The lowest BCUT2D eigenvalue weighted by molar-refractivity contribution is -0.932. The Kier molecular flexibility index (Phi) is 12.0. The number of aliphatic hydroxyl groups excluding tert-OH is 2. The van der Waals surface area contributed by atoms with Gasteiger partial charge in [0.25, 0.3) is 0 Å². The van der Waals surface area contributed by atoms with Crippen LogP contribution in [0.25, 0.3) is 0 Å². The van der Waals surface area contributed by atoms with Gasteiger partial charge in [-0.25, -0.2) is 0 Å².